The number of halogens is 1. The third-order valence-corrected chi connectivity index (χ3v) is 3.26. The smallest absolute Gasteiger partial charge is 0.288 e. The van der Waals surface area contributed by atoms with Crippen LogP contribution < -0.4 is 5.32 Å². The molecule has 2 aromatic carbocycles. The average Bonchev–Trinajstić information content (AvgIpc) is 2.97. The van der Waals surface area contributed by atoms with E-state index in [1.165, 1.54) is 24.3 Å². The highest BCUT2D eigenvalue weighted by atomic mass is 19.1. The molecule has 3 rings (SSSR count). The van der Waals surface area contributed by atoms with Crippen molar-refractivity contribution in [1.82, 2.24) is 5.32 Å². The molecule has 1 N–H and O–H groups in total. The van der Waals surface area contributed by atoms with E-state index in [-0.39, 0.29) is 5.76 Å². The van der Waals surface area contributed by atoms with Gasteiger partial charge in [-0.05, 0) is 29.8 Å². The van der Waals surface area contributed by atoms with Crippen LogP contribution in [0.1, 0.15) is 22.2 Å². The Balaban J connectivity index is 1.82. The van der Waals surface area contributed by atoms with Crippen molar-refractivity contribution in [3.8, 4) is 6.07 Å². The number of hydrogen-bond donors (Lipinski definition) is 1. The van der Waals surface area contributed by atoms with E-state index in [2.05, 4.69) is 5.32 Å². The molecule has 1 heterocycles. The Morgan fingerprint density at radius 1 is 1.18 bits per heavy atom. The molecule has 4 nitrogen and oxygen atoms in total. The summed E-state index contributed by atoms with van der Waals surface area (Å²) in [7, 11) is 0. The summed E-state index contributed by atoms with van der Waals surface area (Å²) in [6.07, 6.45) is 0. The minimum absolute atomic E-state index is 0.128. The monoisotopic (exact) mass is 294 g/mol. The number of hydrogen-bond acceptors (Lipinski definition) is 3. The fourth-order valence-electron chi connectivity index (χ4n) is 2.14. The van der Waals surface area contributed by atoms with Crippen LogP contribution in [-0.4, -0.2) is 5.91 Å². The maximum absolute atomic E-state index is 12.9. The van der Waals surface area contributed by atoms with Gasteiger partial charge in [-0.15, -0.1) is 0 Å². The van der Waals surface area contributed by atoms with Gasteiger partial charge in [0.15, 0.2) is 5.76 Å². The van der Waals surface area contributed by atoms with Crippen LogP contribution in [0.25, 0.3) is 11.0 Å². The standard InChI is InChI=1S/C17H11FN2O2/c18-13-7-5-11(6-8-13)14(10-19)20-17(21)16-9-12-3-1-2-4-15(12)22-16/h1-9,14H,(H,20,21)/t14-/m0/s1. The highest BCUT2D eigenvalue weighted by Crippen LogP contribution is 2.20. The van der Waals surface area contributed by atoms with Crippen LogP contribution in [0.2, 0.25) is 0 Å². The van der Waals surface area contributed by atoms with Crippen molar-refractivity contribution >= 4 is 16.9 Å². The van der Waals surface area contributed by atoms with Crippen LogP contribution in [0, 0.1) is 17.1 Å². The second-order valence-electron chi connectivity index (χ2n) is 4.74. The zero-order valence-corrected chi connectivity index (χ0v) is 11.4. The van der Waals surface area contributed by atoms with E-state index in [9.17, 15) is 14.4 Å². The molecule has 1 amide bonds. The van der Waals surface area contributed by atoms with Crippen LogP contribution >= 0.6 is 0 Å². The zero-order chi connectivity index (χ0) is 15.5. The van der Waals surface area contributed by atoms with Crippen molar-refractivity contribution in [2.45, 2.75) is 6.04 Å². The molecule has 0 saturated heterocycles. The molecular formula is C17H11FN2O2. The lowest BCUT2D eigenvalue weighted by atomic mass is 10.1. The lowest BCUT2D eigenvalue weighted by molar-refractivity contribution is 0.0919. The molecule has 0 aliphatic rings. The zero-order valence-electron chi connectivity index (χ0n) is 11.4. The molecule has 0 unspecified atom stereocenters. The maximum Gasteiger partial charge on any atom is 0.288 e. The third kappa shape index (κ3) is 2.67. The van der Waals surface area contributed by atoms with Crippen LogP contribution in [0.4, 0.5) is 4.39 Å². The topological polar surface area (TPSA) is 66.0 Å². The van der Waals surface area contributed by atoms with Gasteiger partial charge < -0.3 is 9.73 Å². The van der Waals surface area contributed by atoms with Gasteiger partial charge in [-0.3, -0.25) is 4.79 Å². The number of nitrogens with one attached hydrogen (secondary N) is 1. The van der Waals surface area contributed by atoms with Crippen molar-refractivity contribution in [3.05, 3.63) is 71.7 Å². The van der Waals surface area contributed by atoms with Crippen molar-refractivity contribution in [3.63, 3.8) is 0 Å². The lowest BCUT2D eigenvalue weighted by Crippen LogP contribution is -2.27. The van der Waals surface area contributed by atoms with E-state index in [0.29, 0.717) is 11.1 Å². The Morgan fingerprint density at radius 2 is 1.91 bits per heavy atom. The third-order valence-electron chi connectivity index (χ3n) is 3.26. The molecule has 1 aromatic heterocycles. The molecule has 5 heteroatoms. The molecule has 3 aromatic rings. The fourth-order valence-corrected chi connectivity index (χ4v) is 2.14. The molecular weight excluding hydrogens is 283 g/mol. The maximum atomic E-state index is 12.9. The Hall–Kier alpha value is -3.13. The van der Waals surface area contributed by atoms with E-state index in [4.69, 9.17) is 4.42 Å². The Morgan fingerprint density at radius 3 is 2.59 bits per heavy atom. The SMILES string of the molecule is N#C[C@H](NC(=O)c1cc2ccccc2o1)c1ccc(F)cc1. The predicted octanol–water partition coefficient (Wildman–Crippen LogP) is 3.57. The van der Waals surface area contributed by atoms with Crippen LogP contribution in [0.5, 0.6) is 0 Å². The number of furan rings is 1. The summed E-state index contributed by atoms with van der Waals surface area (Å²) in [4.78, 5) is 12.2. The molecule has 0 radical (unpaired) electrons. The first kappa shape index (κ1) is 13.8. The normalized spacial score (nSPS) is 11.8. The average molecular weight is 294 g/mol. The predicted molar refractivity (Wildman–Crippen MR) is 78.4 cm³/mol. The number of para-hydroxylation sites is 1. The highest BCUT2D eigenvalue weighted by molar-refractivity contribution is 5.96. The first-order valence-electron chi connectivity index (χ1n) is 6.62. The van der Waals surface area contributed by atoms with Gasteiger partial charge in [0, 0.05) is 5.39 Å². The lowest BCUT2D eigenvalue weighted by Gasteiger charge is -2.10. The molecule has 22 heavy (non-hydrogen) atoms. The number of amides is 1. The number of nitriles is 1. The quantitative estimate of drug-likeness (QED) is 0.803. The second kappa shape index (κ2) is 5.70. The summed E-state index contributed by atoms with van der Waals surface area (Å²) in [6, 6.07) is 15.4. The molecule has 0 fully saturated rings. The van der Waals surface area contributed by atoms with Crippen molar-refractivity contribution in [1.29, 1.82) is 5.26 Å². The van der Waals surface area contributed by atoms with Gasteiger partial charge in [-0.25, -0.2) is 4.39 Å². The Labute approximate surface area is 125 Å². The Bertz CT molecular complexity index is 829. The first-order chi connectivity index (χ1) is 10.7. The summed E-state index contributed by atoms with van der Waals surface area (Å²) in [6.45, 7) is 0. The summed E-state index contributed by atoms with van der Waals surface area (Å²) < 4.78 is 18.4. The van der Waals surface area contributed by atoms with Crippen LogP contribution in [0.15, 0.2) is 59.0 Å². The number of nitrogens with zero attached hydrogens (tertiary/aromatic N) is 1. The molecule has 108 valence electrons. The molecule has 0 saturated carbocycles. The minimum atomic E-state index is -0.874. The molecule has 0 aliphatic heterocycles. The largest absolute Gasteiger partial charge is 0.451 e. The van der Waals surface area contributed by atoms with Gasteiger partial charge in [-0.1, -0.05) is 30.3 Å². The number of carbonyl (C=O) groups is 1. The molecule has 1 atom stereocenters. The number of fused-ring (bicyclic) bond motifs is 1. The van der Waals surface area contributed by atoms with E-state index >= 15 is 0 Å². The van der Waals surface area contributed by atoms with Gasteiger partial charge in [0.1, 0.15) is 17.4 Å². The van der Waals surface area contributed by atoms with E-state index < -0.39 is 17.8 Å². The van der Waals surface area contributed by atoms with E-state index in [1.807, 2.05) is 24.3 Å². The number of rotatable bonds is 3. The van der Waals surface area contributed by atoms with Gasteiger partial charge in [-0.2, -0.15) is 5.26 Å². The highest BCUT2D eigenvalue weighted by Gasteiger charge is 2.18. The van der Waals surface area contributed by atoms with Crippen LogP contribution in [-0.2, 0) is 0 Å². The van der Waals surface area contributed by atoms with Crippen molar-refractivity contribution in [2.24, 2.45) is 0 Å². The van der Waals surface area contributed by atoms with Crippen molar-refractivity contribution < 1.29 is 13.6 Å². The van der Waals surface area contributed by atoms with Crippen LogP contribution in [0.3, 0.4) is 0 Å². The van der Waals surface area contributed by atoms with Gasteiger partial charge in [0.25, 0.3) is 5.91 Å². The summed E-state index contributed by atoms with van der Waals surface area (Å²) in [5.74, 6) is -0.764. The second-order valence-corrected chi connectivity index (χ2v) is 4.74. The van der Waals surface area contributed by atoms with Gasteiger partial charge in [0.05, 0.1) is 6.07 Å². The van der Waals surface area contributed by atoms with E-state index in [0.717, 1.165) is 5.39 Å². The van der Waals surface area contributed by atoms with E-state index in [1.54, 1.807) is 12.1 Å². The minimum Gasteiger partial charge on any atom is -0.451 e. The van der Waals surface area contributed by atoms with Crippen molar-refractivity contribution in [2.75, 3.05) is 0 Å². The summed E-state index contributed by atoms with van der Waals surface area (Å²) >= 11 is 0. The number of benzene rings is 2. The van der Waals surface area contributed by atoms with Gasteiger partial charge >= 0.3 is 0 Å². The van der Waals surface area contributed by atoms with Gasteiger partial charge in [0.2, 0.25) is 0 Å². The summed E-state index contributed by atoms with van der Waals surface area (Å²) in [5.41, 5.74) is 1.11. The fraction of sp³-hybridized carbons (Fsp3) is 0.0588. The number of carbonyl (C=O) groups excluding carboxylic acids is 1. The molecule has 0 aliphatic carbocycles. The molecule has 0 bridgehead atoms. The molecule has 0 spiro atoms. The first-order valence-corrected chi connectivity index (χ1v) is 6.62. The summed E-state index contributed by atoms with van der Waals surface area (Å²) in [5, 5.41) is 12.6. The Kier molecular flexibility index (Phi) is 3.58.